The van der Waals surface area contributed by atoms with Gasteiger partial charge in [-0.25, -0.2) is 14.3 Å². The maximum Gasteiger partial charge on any atom is 0.266 e. The van der Waals surface area contributed by atoms with Gasteiger partial charge in [0.15, 0.2) is 23.1 Å². The second-order valence-corrected chi connectivity index (χ2v) is 5.91. The van der Waals surface area contributed by atoms with E-state index in [0.29, 0.717) is 41.9 Å². The van der Waals surface area contributed by atoms with Crippen molar-refractivity contribution in [1.82, 2.24) is 24.5 Å². The first-order valence-electron chi connectivity index (χ1n) is 8.20. The molecule has 2 aromatic heterocycles. The van der Waals surface area contributed by atoms with Gasteiger partial charge in [0.25, 0.3) is 5.56 Å². The van der Waals surface area contributed by atoms with Crippen molar-refractivity contribution in [2.75, 3.05) is 13.2 Å². The third kappa shape index (κ3) is 3.24. The highest BCUT2D eigenvalue weighted by Crippen LogP contribution is 2.32. The average molecular weight is 368 g/mol. The van der Waals surface area contributed by atoms with Crippen molar-refractivity contribution in [1.29, 1.82) is 0 Å². The molecule has 1 aromatic carbocycles. The molecule has 0 radical (unpaired) electrons. The number of nitrogens with zero attached hydrogens (tertiary/aromatic N) is 5. The van der Waals surface area contributed by atoms with E-state index in [2.05, 4.69) is 15.2 Å². The molecule has 27 heavy (non-hydrogen) atoms. The molecule has 4 rings (SSSR count). The maximum absolute atomic E-state index is 11.6. The molecule has 0 saturated heterocycles. The zero-order valence-electron chi connectivity index (χ0n) is 14.5. The number of nitrogens with two attached hydrogens (primary N) is 1. The highest BCUT2D eigenvalue weighted by molar-refractivity contribution is 5.75. The van der Waals surface area contributed by atoms with Gasteiger partial charge in [0.05, 0.1) is 12.1 Å². The number of hydrogen-bond donors (Lipinski definition) is 1. The lowest BCUT2D eigenvalue weighted by atomic mass is 10.2. The number of benzene rings is 1. The lowest BCUT2D eigenvalue weighted by Gasteiger charge is -2.19. The minimum absolute atomic E-state index is 0.115. The predicted octanol–water partition coefficient (Wildman–Crippen LogP) is -0.173. The first kappa shape index (κ1) is 16.8. The van der Waals surface area contributed by atoms with Crippen molar-refractivity contribution in [3.63, 3.8) is 0 Å². The van der Waals surface area contributed by atoms with Crippen molar-refractivity contribution >= 4 is 5.91 Å². The van der Waals surface area contributed by atoms with Gasteiger partial charge in [0, 0.05) is 19.2 Å². The van der Waals surface area contributed by atoms with Crippen LogP contribution >= 0.6 is 0 Å². The van der Waals surface area contributed by atoms with Gasteiger partial charge in [-0.3, -0.25) is 9.59 Å². The Morgan fingerprint density at radius 2 is 1.93 bits per heavy atom. The zero-order chi connectivity index (χ0) is 19.0. The summed E-state index contributed by atoms with van der Waals surface area (Å²) in [5, 5.41) is 8.60. The molecule has 1 aliphatic rings. The summed E-state index contributed by atoms with van der Waals surface area (Å²) in [6, 6.07) is 8.27. The van der Waals surface area contributed by atoms with Crippen molar-refractivity contribution < 1.29 is 14.3 Å². The van der Waals surface area contributed by atoms with Gasteiger partial charge in [-0.05, 0) is 18.2 Å². The summed E-state index contributed by atoms with van der Waals surface area (Å²) in [6.45, 7) is 0.946. The van der Waals surface area contributed by atoms with E-state index in [9.17, 15) is 9.59 Å². The van der Waals surface area contributed by atoms with E-state index >= 15 is 0 Å². The minimum atomic E-state index is -0.547. The molecule has 138 valence electrons. The number of fused-ring (bicyclic) bond motifs is 1. The van der Waals surface area contributed by atoms with Crippen LogP contribution in [-0.4, -0.2) is 43.7 Å². The molecule has 3 heterocycles. The molecule has 0 aliphatic carbocycles. The second kappa shape index (κ2) is 6.56. The van der Waals surface area contributed by atoms with Crippen LogP contribution in [0.1, 0.15) is 5.82 Å². The van der Waals surface area contributed by atoms with Gasteiger partial charge < -0.3 is 15.2 Å². The number of aromatic nitrogens is 5. The van der Waals surface area contributed by atoms with Crippen molar-refractivity contribution in [3.05, 3.63) is 46.5 Å². The Hall–Kier alpha value is -3.69. The van der Waals surface area contributed by atoms with Crippen LogP contribution in [-0.2, 0) is 18.3 Å². The first-order chi connectivity index (χ1) is 13.0. The number of ether oxygens (including phenoxy) is 2. The van der Waals surface area contributed by atoms with Gasteiger partial charge in [-0.1, -0.05) is 0 Å². The zero-order valence-corrected chi connectivity index (χ0v) is 14.5. The van der Waals surface area contributed by atoms with E-state index in [4.69, 9.17) is 15.2 Å². The Morgan fingerprint density at radius 3 is 2.67 bits per heavy atom. The number of rotatable bonds is 4. The van der Waals surface area contributed by atoms with E-state index < -0.39 is 5.91 Å². The molecule has 1 amide bonds. The molecule has 2 N–H and O–H groups in total. The van der Waals surface area contributed by atoms with Crippen LogP contribution in [0.25, 0.3) is 17.2 Å². The van der Waals surface area contributed by atoms with Gasteiger partial charge in [-0.2, -0.15) is 10.2 Å². The quantitative estimate of drug-likeness (QED) is 0.677. The molecular formula is C17H16N6O4. The normalized spacial score (nSPS) is 12.8. The molecule has 0 spiro atoms. The van der Waals surface area contributed by atoms with Crippen LogP contribution in [0, 0.1) is 0 Å². The Labute approximate surface area is 153 Å². The Morgan fingerprint density at radius 1 is 1.15 bits per heavy atom. The van der Waals surface area contributed by atoms with E-state index in [-0.39, 0.29) is 17.8 Å². The maximum atomic E-state index is 11.6. The summed E-state index contributed by atoms with van der Waals surface area (Å²) in [5.41, 5.74) is 6.09. The molecular weight excluding hydrogens is 352 g/mol. The van der Waals surface area contributed by atoms with Crippen molar-refractivity contribution in [2.45, 2.75) is 6.42 Å². The smallest absolute Gasteiger partial charge is 0.266 e. The number of hydrogen-bond acceptors (Lipinski definition) is 7. The van der Waals surface area contributed by atoms with E-state index in [1.165, 1.54) is 15.4 Å². The van der Waals surface area contributed by atoms with E-state index in [1.807, 2.05) is 0 Å². The molecule has 0 unspecified atom stereocenters. The minimum Gasteiger partial charge on any atom is -0.486 e. The third-order valence-electron chi connectivity index (χ3n) is 3.94. The third-order valence-corrected chi connectivity index (χ3v) is 3.94. The van der Waals surface area contributed by atoms with Gasteiger partial charge in [0.1, 0.15) is 18.9 Å². The lowest BCUT2D eigenvalue weighted by molar-refractivity contribution is -0.117. The van der Waals surface area contributed by atoms with Crippen LogP contribution in [0.3, 0.4) is 0 Å². The fourth-order valence-corrected chi connectivity index (χ4v) is 2.72. The predicted molar refractivity (Wildman–Crippen MR) is 93.7 cm³/mol. The van der Waals surface area contributed by atoms with Crippen LogP contribution in [0.2, 0.25) is 0 Å². The van der Waals surface area contributed by atoms with Crippen LogP contribution in [0.15, 0.2) is 35.1 Å². The Bertz CT molecular complexity index is 1090. The molecule has 0 saturated carbocycles. The fourth-order valence-electron chi connectivity index (χ4n) is 2.72. The monoisotopic (exact) mass is 368 g/mol. The number of amides is 1. The highest BCUT2D eigenvalue weighted by atomic mass is 16.6. The number of carbonyl (C=O) groups excluding carboxylic acids is 1. The largest absolute Gasteiger partial charge is 0.486 e. The first-order valence-corrected chi connectivity index (χ1v) is 8.20. The summed E-state index contributed by atoms with van der Waals surface area (Å²) in [7, 11) is 1.54. The number of aryl methyl sites for hydroxylation is 1. The number of primary amides is 1. The number of carbonyl (C=O) groups is 1. The summed E-state index contributed by atoms with van der Waals surface area (Å²) in [5.74, 6) is 1.31. The SMILES string of the molecule is Cn1nc(-c2nc(CC(N)=O)nn2-c2ccc3c(c2)OCCO3)ccc1=O. The fraction of sp³-hybridized carbons (Fsp3) is 0.235. The van der Waals surface area contributed by atoms with E-state index in [0.717, 1.165) is 0 Å². The molecule has 0 atom stereocenters. The Balaban J connectivity index is 1.85. The molecule has 0 fully saturated rings. The summed E-state index contributed by atoms with van der Waals surface area (Å²) in [6.07, 6.45) is -0.115. The lowest BCUT2D eigenvalue weighted by Crippen LogP contribution is -2.19. The standard InChI is InChI=1S/C17H16N6O4/c1-22-16(25)5-3-11(20-22)17-19-15(9-14(18)24)21-23(17)10-2-4-12-13(8-10)27-7-6-26-12/h2-5,8H,6-7,9H2,1H3,(H2,18,24). The molecule has 3 aromatic rings. The van der Waals surface area contributed by atoms with Crippen LogP contribution in [0.5, 0.6) is 11.5 Å². The van der Waals surface area contributed by atoms with Crippen molar-refractivity contribution in [2.24, 2.45) is 12.8 Å². The molecule has 10 nitrogen and oxygen atoms in total. The molecule has 0 bridgehead atoms. The van der Waals surface area contributed by atoms with Crippen LogP contribution < -0.4 is 20.8 Å². The summed E-state index contributed by atoms with van der Waals surface area (Å²) in [4.78, 5) is 27.3. The molecule has 10 heteroatoms. The summed E-state index contributed by atoms with van der Waals surface area (Å²) >= 11 is 0. The molecule has 1 aliphatic heterocycles. The highest BCUT2D eigenvalue weighted by Gasteiger charge is 2.19. The van der Waals surface area contributed by atoms with Gasteiger partial charge in [0.2, 0.25) is 5.91 Å². The van der Waals surface area contributed by atoms with Gasteiger partial charge >= 0.3 is 0 Å². The van der Waals surface area contributed by atoms with Gasteiger partial charge in [-0.15, -0.1) is 0 Å². The topological polar surface area (TPSA) is 127 Å². The van der Waals surface area contributed by atoms with Crippen LogP contribution in [0.4, 0.5) is 0 Å². The summed E-state index contributed by atoms with van der Waals surface area (Å²) < 4.78 is 13.9. The average Bonchev–Trinajstić information content (AvgIpc) is 3.06. The second-order valence-electron chi connectivity index (χ2n) is 5.91. The Kier molecular flexibility index (Phi) is 4.07. The van der Waals surface area contributed by atoms with Crippen molar-refractivity contribution in [3.8, 4) is 28.7 Å². The van der Waals surface area contributed by atoms with E-state index in [1.54, 1.807) is 31.3 Å².